The lowest BCUT2D eigenvalue weighted by atomic mass is 10.1. The van der Waals surface area contributed by atoms with Crippen LogP contribution in [0, 0.1) is 0 Å². The number of hydrogen-bond acceptors (Lipinski definition) is 2. The van der Waals surface area contributed by atoms with Gasteiger partial charge in [0.15, 0.2) is 0 Å². The summed E-state index contributed by atoms with van der Waals surface area (Å²) in [6.45, 7) is 6.82. The maximum absolute atomic E-state index is 5.97. The van der Waals surface area contributed by atoms with Gasteiger partial charge < -0.3 is 19.3 Å². The van der Waals surface area contributed by atoms with Crippen LogP contribution in [0.5, 0.6) is 11.5 Å². The van der Waals surface area contributed by atoms with Crippen LogP contribution in [0.3, 0.4) is 0 Å². The van der Waals surface area contributed by atoms with Crippen molar-refractivity contribution in [2.75, 3.05) is 40.4 Å². The molecule has 134 valence electrons. The lowest BCUT2D eigenvalue weighted by molar-refractivity contribution is -1.02. The molecular formula is C20H27ClN2O2+2. The minimum Gasteiger partial charge on any atom is -0.497 e. The van der Waals surface area contributed by atoms with Crippen molar-refractivity contribution in [2.45, 2.75) is 13.1 Å². The normalized spacial score (nSPS) is 20.3. The zero-order valence-electron chi connectivity index (χ0n) is 15.0. The lowest BCUT2D eigenvalue weighted by Crippen LogP contribution is -3.27. The van der Waals surface area contributed by atoms with Crippen molar-refractivity contribution in [1.82, 2.24) is 0 Å². The summed E-state index contributed by atoms with van der Waals surface area (Å²) in [5.41, 5.74) is 2.61. The van der Waals surface area contributed by atoms with Crippen molar-refractivity contribution in [3.8, 4) is 11.5 Å². The van der Waals surface area contributed by atoms with Crippen LogP contribution >= 0.6 is 11.6 Å². The molecule has 1 aliphatic heterocycles. The summed E-state index contributed by atoms with van der Waals surface area (Å²) in [5.74, 6) is 1.76. The van der Waals surface area contributed by atoms with Gasteiger partial charge in [-0.3, -0.25) is 0 Å². The van der Waals surface area contributed by atoms with Gasteiger partial charge in [-0.2, -0.15) is 0 Å². The van der Waals surface area contributed by atoms with Crippen molar-refractivity contribution in [3.05, 3.63) is 58.6 Å². The third kappa shape index (κ3) is 4.88. The van der Waals surface area contributed by atoms with Crippen LogP contribution in [0.25, 0.3) is 0 Å². The van der Waals surface area contributed by atoms with Gasteiger partial charge in [-0.15, -0.1) is 0 Å². The molecule has 4 nitrogen and oxygen atoms in total. The number of halogens is 1. The maximum atomic E-state index is 5.97. The number of ether oxygens (including phenoxy) is 2. The number of methoxy groups -OCH3 is 2. The first-order valence-corrected chi connectivity index (χ1v) is 9.18. The molecule has 0 radical (unpaired) electrons. The Balaban J connectivity index is 1.53. The standard InChI is InChI=1S/C20H25ClN2O2/c1-24-19-8-5-17(20(13-19)25-2)15-23-11-9-22(10-12-23)14-16-3-6-18(21)7-4-16/h3-8,13H,9-12,14-15H2,1-2H3/p+2. The second-order valence-corrected chi connectivity index (χ2v) is 7.09. The molecule has 0 saturated carbocycles. The molecule has 3 rings (SSSR count). The smallest absolute Gasteiger partial charge is 0.131 e. The van der Waals surface area contributed by atoms with Gasteiger partial charge in [-0.25, -0.2) is 0 Å². The second-order valence-electron chi connectivity index (χ2n) is 6.66. The van der Waals surface area contributed by atoms with Gasteiger partial charge in [0.2, 0.25) is 0 Å². The van der Waals surface area contributed by atoms with E-state index in [9.17, 15) is 0 Å². The molecule has 0 aromatic heterocycles. The van der Waals surface area contributed by atoms with E-state index >= 15 is 0 Å². The Morgan fingerprint density at radius 2 is 1.48 bits per heavy atom. The monoisotopic (exact) mass is 362 g/mol. The van der Waals surface area contributed by atoms with Crippen LogP contribution in [0.15, 0.2) is 42.5 Å². The Morgan fingerprint density at radius 3 is 2.08 bits per heavy atom. The number of quaternary nitrogens is 2. The Hall–Kier alpha value is -1.75. The maximum Gasteiger partial charge on any atom is 0.131 e. The molecule has 1 fully saturated rings. The number of benzene rings is 2. The predicted octanol–water partition coefficient (Wildman–Crippen LogP) is 0.841. The van der Waals surface area contributed by atoms with E-state index in [-0.39, 0.29) is 0 Å². The first-order valence-electron chi connectivity index (χ1n) is 8.80. The van der Waals surface area contributed by atoms with Crippen LogP contribution in [-0.4, -0.2) is 40.4 Å². The summed E-state index contributed by atoms with van der Waals surface area (Å²) < 4.78 is 10.8. The Bertz CT molecular complexity index is 683. The first kappa shape index (κ1) is 18.1. The molecule has 0 unspecified atom stereocenters. The van der Waals surface area contributed by atoms with Crippen LogP contribution < -0.4 is 19.3 Å². The third-order valence-corrected chi connectivity index (χ3v) is 5.22. The van der Waals surface area contributed by atoms with Gasteiger partial charge in [-0.05, 0) is 24.3 Å². The van der Waals surface area contributed by atoms with Gasteiger partial charge in [0, 0.05) is 22.2 Å². The van der Waals surface area contributed by atoms with Crippen LogP contribution in [0.2, 0.25) is 5.02 Å². The summed E-state index contributed by atoms with van der Waals surface area (Å²) in [5, 5.41) is 0.807. The van der Waals surface area contributed by atoms with E-state index in [0.717, 1.165) is 29.6 Å². The highest BCUT2D eigenvalue weighted by Crippen LogP contribution is 2.23. The number of hydrogen-bond donors (Lipinski definition) is 2. The molecule has 0 aliphatic carbocycles. The number of piperazine rings is 1. The third-order valence-electron chi connectivity index (χ3n) is 4.97. The molecule has 0 atom stereocenters. The highest BCUT2D eigenvalue weighted by molar-refractivity contribution is 6.30. The Morgan fingerprint density at radius 1 is 0.840 bits per heavy atom. The number of nitrogens with one attached hydrogen (secondary N) is 2. The fourth-order valence-corrected chi connectivity index (χ4v) is 3.59. The van der Waals surface area contributed by atoms with Gasteiger partial charge in [-0.1, -0.05) is 23.7 Å². The molecule has 2 aromatic rings. The van der Waals surface area contributed by atoms with Gasteiger partial charge in [0.05, 0.1) is 14.2 Å². The molecule has 2 N–H and O–H groups in total. The SMILES string of the molecule is COc1ccc(C[NH+]2CC[NH+](Cc3ccc(Cl)cc3)CC2)c(OC)c1. The molecule has 0 spiro atoms. The Kier molecular flexibility index (Phi) is 6.19. The summed E-state index contributed by atoms with van der Waals surface area (Å²) >= 11 is 5.97. The zero-order chi connectivity index (χ0) is 17.6. The van der Waals surface area contributed by atoms with E-state index in [2.05, 4.69) is 18.2 Å². The van der Waals surface area contributed by atoms with Gasteiger partial charge >= 0.3 is 0 Å². The van der Waals surface area contributed by atoms with E-state index in [1.54, 1.807) is 24.0 Å². The highest BCUT2D eigenvalue weighted by atomic mass is 35.5. The molecule has 0 bridgehead atoms. The fraction of sp³-hybridized carbons (Fsp3) is 0.400. The van der Waals surface area contributed by atoms with Crippen LogP contribution in [0.4, 0.5) is 0 Å². The average molecular weight is 363 g/mol. The van der Waals surface area contributed by atoms with Crippen molar-refractivity contribution < 1.29 is 19.3 Å². The topological polar surface area (TPSA) is 27.3 Å². The molecule has 25 heavy (non-hydrogen) atoms. The summed E-state index contributed by atoms with van der Waals surface area (Å²) in [4.78, 5) is 3.26. The summed E-state index contributed by atoms with van der Waals surface area (Å²) in [6.07, 6.45) is 0. The van der Waals surface area contributed by atoms with Crippen molar-refractivity contribution in [2.24, 2.45) is 0 Å². The minimum absolute atomic E-state index is 0.807. The molecular weight excluding hydrogens is 336 g/mol. The summed E-state index contributed by atoms with van der Waals surface area (Å²) in [6, 6.07) is 14.3. The quantitative estimate of drug-likeness (QED) is 0.797. The van der Waals surface area contributed by atoms with Crippen LogP contribution in [0.1, 0.15) is 11.1 Å². The van der Waals surface area contributed by atoms with Gasteiger partial charge in [0.1, 0.15) is 50.8 Å². The molecule has 1 aliphatic rings. The number of rotatable bonds is 6. The molecule has 0 amide bonds. The first-order chi connectivity index (χ1) is 12.2. The molecule has 1 heterocycles. The fourth-order valence-electron chi connectivity index (χ4n) is 3.47. The van der Waals surface area contributed by atoms with E-state index in [4.69, 9.17) is 21.1 Å². The van der Waals surface area contributed by atoms with E-state index < -0.39 is 0 Å². The molecule has 5 heteroatoms. The molecule has 1 saturated heterocycles. The Labute approximate surface area is 154 Å². The largest absolute Gasteiger partial charge is 0.497 e. The van der Waals surface area contributed by atoms with E-state index in [1.165, 1.54) is 37.3 Å². The van der Waals surface area contributed by atoms with Crippen molar-refractivity contribution in [1.29, 1.82) is 0 Å². The highest BCUT2D eigenvalue weighted by Gasteiger charge is 2.24. The van der Waals surface area contributed by atoms with E-state index in [0.29, 0.717) is 0 Å². The predicted molar refractivity (Wildman–Crippen MR) is 99.8 cm³/mol. The van der Waals surface area contributed by atoms with E-state index in [1.807, 2.05) is 24.3 Å². The van der Waals surface area contributed by atoms with Crippen molar-refractivity contribution in [3.63, 3.8) is 0 Å². The van der Waals surface area contributed by atoms with Crippen molar-refractivity contribution >= 4 is 11.6 Å². The van der Waals surface area contributed by atoms with Crippen LogP contribution in [-0.2, 0) is 13.1 Å². The summed E-state index contributed by atoms with van der Waals surface area (Å²) in [7, 11) is 3.41. The molecule has 2 aromatic carbocycles. The zero-order valence-corrected chi connectivity index (χ0v) is 15.7. The average Bonchev–Trinajstić information content (AvgIpc) is 2.65. The minimum atomic E-state index is 0.807. The second kappa shape index (κ2) is 8.56. The lowest BCUT2D eigenvalue weighted by Gasteiger charge is -2.30. The van der Waals surface area contributed by atoms with Gasteiger partial charge in [0.25, 0.3) is 0 Å².